The summed E-state index contributed by atoms with van der Waals surface area (Å²) in [6, 6.07) is 47.4. The van der Waals surface area contributed by atoms with Crippen molar-refractivity contribution in [1.29, 1.82) is 0 Å². The van der Waals surface area contributed by atoms with Crippen molar-refractivity contribution < 1.29 is 4.74 Å². The highest BCUT2D eigenvalue weighted by molar-refractivity contribution is 7.99. The zero-order chi connectivity index (χ0) is 27.8. The smallest absolute Gasteiger partial charge is 0.149 e. The third-order valence-electron chi connectivity index (χ3n) is 8.28. The topological polar surface area (TPSA) is 14.2 Å². The molecule has 1 aliphatic rings. The summed E-state index contributed by atoms with van der Waals surface area (Å²) in [6.07, 6.45) is 0. The SMILES string of the molecule is Clc1ccc2c(c1)Oc1c(cc(-c3cc4c(c5ccccc35)c3ccccc3n4-c3ccccc3)c3ccccc13)S2. The first kappa shape index (κ1) is 24.0. The minimum atomic E-state index is 0.673. The van der Waals surface area contributed by atoms with Gasteiger partial charge in [-0.25, -0.2) is 0 Å². The van der Waals surface area contributed by atoms with Crippen LogP contribution in [-0.2, 0) is 0 Å². The molecule has 9 rings (SSSR count). The highest BCUT2D eigenvalue weighted by Crippen LogP contribution is 2.53. The number of fused-ring (bicyclic) bond motifs is 9. The largest absolute Gasteiger partial charge is 0.454 e. The summed E-state index contributed by atoms with van der Waals surface area (Å²) < 4.78 is 8.93. The minimum Gasteiger partial charge on any atom is -0.454 e. The number of ether oxygens (including phenoxy) is 1. The second kappa shape index (κ2) is 9.15. The lowest BCUT2D eigenvalue weighted by atomic mass is 9.91. The van der Waals surface area contributed by atoms with Crippen LogP contribution in [0.25, 0.3) is 60.2 Å². The van der Waals surface area contributed by atoms with Crippen LogP contribution in [0.15, 0.2) is 143 Å². The molecular weight excluding hydrogens is 554 g/mol. The third-order valence-corrected chi connectivity index (χ3v) is 9.60. The Hall–Kier alpha value is -4.70. The second-order valence-electron chi connectivity index (χ2n) is 10.6. The van der Waals surface area contributed by atoms with Gasteiger partial charge in [0.15, 0.2) is 0 Å². The van der Waals surface area contributed by atoms with Gasteiger partial charge in [0.05, 0.1) is 20.8 Å². The molecule has 0 unspecified atom stereocenters. The Bertz CT molecular complexity index is 2370. The summed E-state index contributed by atoms with van der Waals surface area (Å²) >= 11 is 8.06. The first-order chi connectivity index (χ1) is 20.7. The lowest BCUT2D eigenvalue weighted by molar-refractivity contribution is 0.460. The monoisotopic (exact) mass is 575 g/mol. The van der Waals surface area contributed by atoms with Gasteiger partial charge < -0.3 is 9.30 Å². The van der Waals surface area contributed by atoms with Crippen molar-refractivity contribution in [3.05, 3.63) is 138 Å². The molecule has 0 bridgehead atoms. The van der Waals surface area contributed by atoms with E-state index in [0.717, 1.165) is 37.7 Å². The molecule has 1 aliphatic heterocycles. The molecule has 7 aromatic carbocycles. The minimum absolute atomic E-state index is 0.673. The summed E-state index contributed by atoms with van der Waals surface area (Å²) in [4.78, 5) is 2.17. The molecule has 1 aromatic heterocycles. The number of para-hydroxylation sites is 2. The quantitative estimate of drug-likeness (QED) is 0.203. The van der Waals surface area contributed by atoms with Crippen molar-refractivity contribution in [3.63, 3.8) is 0 Å². The maximum absolute atomic E-state index is 6.53. The number of rotatable bonds is 2. The van der Waals surface area contributed by atoms with Gasteiger partial charge in [0.25, 0.3) is 0 Å². The predicted molar refractivity (Wildman–Crippen MR) is 177 cm³/mol. The van der Waals surface area contributed by atoms with Crippen LogP contribution in [0.2, 0.25) is 5.02 Å². The Morgan fingerprint density at radius 1 is 0.524 bits per heavy atom. The van der Waals surface area contributed by atoms with Crippen LogP contribution in [0.1, 0.15) is 0 Å². The van der Waals surface area contributed by atoms with Gasteiger partial charge in [-0.05, 0) is 69.8 Å². The fourth-order valence-electron chi connectivity index (χ4n) is 6.51. The number of hydrogen-bond acceptors (Lipinski definition) is 2. The van der Waals surface area contributed by atoms with Gasteiger partial charge in [-0.3, -0.25) is 0 Å². The Balaban J connectivity index is 1.41. The first-order valence-electron chi connectivity index (χ1n) is 14.0. The molecule has 4 heteroatoms. The van der Waals surface area contributed by atoms with E-state index in [0.29, 0.717) is 5.02 Å². The molecule has 0 atom stereocenters. The van der Waals surface area contributed by atoms with Gasteiger partial charge in [0, 0.05) is 32.9 Å². The van der Waals surface area contributed by atoms with Gasteiger partial charge in [-0.15, -0.1) is 0 Å². The average molecular weight is 576 g/mol. The standard InChI is InChI=1S/C38H22ClNOS/c39-23-18-19-35-34(20-23)41-38-28-15-7-5-13-26(28)31(22-36(38)42-35)30-21-33-37(27-14-6-4-12-25(27)30)29-16-8-9-17-32(29)40(33)24-10-2-1-3-11-24/h1-22H. The molecule has 198 valence electrons. The Labute approximate surface area is 251 Å². The molecule has 0 saturated carbocycles. The van der Waals surface area contributed by atoms with E-state index in [-0.39, 0.29) is 0 Å². The average Bonchev–Trinajstić information content (AvgIpc) is 3.38. The molecule has 8 aromatic rings. The van der Waals surface area contributed by atoms with Crippen LogP contribution in [-0.4, -0.2) is 4.57 Å². The van der Waals surface area contributed by atoms with E-state index in [4.69, 9.17) is 16.3 Å². The molecule has 0 radical (unpaired) electrons. The molecule has 0 spiro atoms. The molecule has 2 heterocycles. The van der Waals surface area contributed by atoms with Crippen molar-refractivity contribution in [2.45, 2.75) is 9.79 Å². The Morgan fingerprint density at radius 2 is 1.17 bits per heavy atom. The molecule has 0 N–H and O–H groups in total. The lowest BCUT2D eigenvalue weighted by Crippen LogP contribution is -1.98. The van der Waals surface area contributed by atoms with Crippen LogP contribution in [0.3, 0.4) is 0 Å². The number of aromatic nitrogens is 1. The van der Waals surface area contributed by atoms with Gasteiger partial charge in [-0.1, -0.05) is 108 Å². The van der Waals surface area contributed by atoms with Gasteiger partial charge in [-0.2, -0.15) is 0 Å². The zero-order valence-electron chi connectivity index (χ0n) is 22.3. The van der Waals surface area contributed by atoms with E-state index >= 15 is 0 Å². The summed E-state index contributed by atoms with van der Waals surface area (Å²) in [5, 5.41) is 7.95. The van der Waals surface area contributed by atoms with E-state index in [2.05, 4.69) is 120 Å². The van der Waals surface area contributed by atoms with Crippen LogP contribution in [0, 0.1) is 0 Å². The second-order valence-corrected chi connectivity index (χ2v) is 12.2. The highest BCUT2D eigenvalue weighted by Gasteiger charge is 2.24. The van der Waals surface area contributed by atoms with Gasteiger partial charge >= 0.3 is 0 Å². The van der Waals surface area contributed by atoms with Crippen LogP contribution >= 0.6 is 23.4 Å². The lowest BCUT2D eigenvalue weighted by Gasteiger charge is -2.23. The molecule has 0 fully saturated rings. The fraction of sp³-hybridized carbons (Fsp3) is 0. The summed E-state index contributed by atoms with van der Waals surface area (Å²) in [6.45, 7) is 0. The normalized spacial score (nSPS) is 12.5. The van der Waals surface area contributed by atoms with Crippen LogP contribution in [0.5, 0.6) is 11.5 Å². The molecular formula is C38H22ClNOS. The molecule has 0 amide bonds. The molecule has 42 heavy (non-hydrogen) atoms. The third kappa shape index (κ3) is 3.48. The van der Waals surface area contributed by atoms with Crippen molar-refractivity contribution >= 4 is 66.7 Å². The summed E-state index contributed by atoms with van der Waals surface area (Å²) in [5.74, 6) is 1.69. The van der Waals surface area contributed by atoms with Crippen molar-refractivity contribution in [3.8, 4) is 28.3 Å². The van der Waals surface area contributed by atoms with Gasteiger partial charge in [0.2, 0.25) is 0 Å². The molecule has 0 aliphatic carbocycles. The van der Waals surface area contributed by atoms with Crippen molar-refractivity contribution in [2.24, 2.45) is 0 Å². The van der Waals surface area contributed by atoms with E-state index < -0.39 is 0 Å². The van der Waals surface area contributed by atoms with E-state index in [9.17, 15) is 0 Å². The summed E-state index contributed by atoms with van der Waals surface area (Å²) in [7, 11) is 0. The number of halogens is 1. The molecule has 0 saturated heterocycles. The number of hydrogen-bond donors (Lipinski definition) is 0. The number of benzene rings is 7. The fourth-order valence-corrected chi connectivity index (χ4v) is 7.67. The Morgan fingerprint density at radius 3 is 1.98 bits per heavy atom. The van der Waals surface area contributed by atoms with E-state index in [1.807, 2.05) is 18.2 Å². The van der Waals surface area contributed by atoms with E-state index in [1.54, 1.807) is 11.8 Å². The van der Waals surface area contributed by atoms with E-state index in [1.165, 1.54) is 43.7 Å². The maximum Gasteiger partial charge on any atom is 0.149 e. The Kier molecular flexibility index (Phi) is 5.22. The zero-order valence-corrected chi connectivity index (χ0v) is 23.9. The van der Waals surface area contributed by atoms with Crippen LogP contribution < -0.4 is 4.74 Å². The van der Waals surface area contributed by atoms with Crippen molar-refractivity contribution in [2.75, 3.05) is 0 Å². The maximum atomic E-state index is 6.53. The number of nitrogens with zero attached hydrogens (tertiary/aromatic N) is 1. The summed E-state index contributed by atoms with van der Waals surface area (Å²) in [5.41, 5.74) is 5.96. The van der Waals surface area contributed by atoms with Gasteiger partial charge in [0.1, 0.15) is 11.5 Å². The predicted octanol–water partition coefficient (Wildman–Crippen LogP) is 11.7. The molecule has 2 nitrogen and oxygen atoms in total. The van der Waals surface area contributed by atoms with Crippen molar-refractivity contribution in [1.82, 2.24) is 4.57 Å². The highest BCUT2D eigenvalue weighted by atomic mass is 35.5. The first-order valence-corrected chi connectivity index (χ1v) is 15.2. The van der Waals surface area contributed by atoms with Crippen LogP contribution in [0.4, 0.5) is 0 Å².